The normalized spacial score (nSPS) is 10.3. The summed E-state index contributed by atoms with van der Waals surface area (Å²) < 4.78 is 1.04. The fraction of sp³-hybridized carbons (Fsp3) is 0.200. The van der Waals surface area contributed by atoms with Crippen molar-refractivity contribution in [3.8, 4) is 0 Å². The predicted molar refractivity (Wildman–Crippen MR) is 85.6 cm³/mol. The summed E-state index contributed by atoms with van der Waals surface area (Å²) in [6, 6.07) is 9.48. The lowest BCUT2D eigenvalue weighted by Gasteiger charge is -2.12. The second-order valence-electron chi connectivity index (χ2n) is 4.51. The number of rotatable bonds is 2. The molecule has 1 aromatic carbocycles. The van der Waals surface area contributed by atoms with Crippen molar-refractivity contribution in [1.82, 2.24) is 4.98 Å². The summed E-state index contributed by atoms with van der Waals surface area (Å²) in [6.07, 6.45) is 0. The average Bonchev–Trinajstić information content (AvgIpc) is 2.33. The molecule has 0 bridgehead atoms. The third-order valence-corrected chi connectivity index (χ3v) is 3.52. The Hall–Kier alpha value is -1.43. The van der Waals surface area contributed by atoms with Gasteiger partial charge in [-0.2, -0.15) is 0 Å². The second-order valence-corrected chi connectivity index (χ2v) is 5.75. The Labute approximate surface area is 126 Å². The van der Waals surface area contributed by atoms with Crippen molar-refractivity contribution < 1.29 is 4.79 Å². The summed E-state index contributed by atoms with van der Waals surface area (Å²) >= 11 is 2.20. The minimum absolute atomic E-state index is 0.102. The number of aromatic nitrogens is 1. The van der Waals surface area contributed by atoms with Crippen molar-refractivity contribution in [2.24, 2.45) is 0 Å². The molecule has 19 heavy (non-hydrogen) atoms. The van der Waals surface area contributed by atoms with Crippen LogP contribution < -0.4 is 5.32 Å². The molecular formula is C15H15IN2O. The van der Waals surface area contributed by atoms with Gasteiger partial charge in [-0.1, -0.05) is 6.07 Å². The predicted octanol–water partition coefficient (Wildman–Crippen LogP) is 3.86. The lowest BCUT2D eigenvalue weighted by molar-refractivity contribution is 0.102. The molecule has 2 rings (SSSR count). The summed E-state index contributed by atoms with van der Waals surface area (Å²) in [5.74, 6) is -0.102. The first-order valence-corrected chi connectivity index (χ1v) is 7.07. The molecule has 4 heteroatoms. The summed E-state index contributed by atoms with van der Waals surface area (Å²) in [4.78, 5) is 16.6. The molecule has 1 aromatic heterocycles. The number of nitrogens with zero attached hydrogens (tertiary/aromatic N) is 1. The maximum absolute atomic E-state index is 12.2. The number of hydrogen-bond donors (Lipinski definition) is 1. The molecule has 0 aliphatic rings. The number of nitrogens with one attached hydrogen (secondary N) is 1. The van der Waals surface area contributed by atoms with Crippen LogP contribution in [-0.2, 0) is 0 Å². The molecule has 0 saturated carbocycles. The molecule has 0 unspecified atom stereocenters. The van der Waals surface area contributed by atoms with E-state index in [1.165, 1.54) is 0 Å². The fourth-order valence-corrected chi connectivity index (χ4v) is 2.57. The van der Waals surface area contributed by atoms with E-state index in [0.29, 0.717) is 5.56 Å². The lowest BCUT2D eigenvalue weighted by atomic mass is 10.1. The van der Waals surface area contributed by atoms with E-state index in [1.807, 2.05) is 51.1 Å². The molecule has 0 radical (unpaired) electrons. The zero-order chi connectivity index (χ0) is 14.0. The number of carbonyl (C=O) groups excluding carboxylic acids is 1. The van der Waals surface area contributed by atoms with Crippen molar-refractivity contribution in [2.75, 3.05) is 5.32 Å². The third kappa shape index (κ3) is 3.32. The van der Waals surface area contributed by atoms with Gasteiger partial charge in [0.25, 0.3) is 5.91 Å². The topological polar surface area (TPSA) is 42.0 Å². The molecule has 1 amide bonds. The first kappa shape index (κ1) is 14.0. The molecular weight excluding hydrogens is 351 g/mol. The highest BCUT2D eigenvalue weighted by Crippen LogP contribution is 2.20. The van der Waals surface area contributed by atoms with Gasteiger partial charge in [-0.05, 0) is 73.2 Å². The summed E-state index contributed by atoms with van der Waals surface area (Å²) in [5.41, 5.74) is 4.29. The molecule has 0 atom stereocenters. The smallest absolute Gasteiger partial charge is 0.255 e. The van der Waals surface area contributed by atoms with Gasteiger partial charge in [0.1, 0.15) is 0 Å². The maximum atomic E-state index is 12.2. The van der Waals surface area contributed by atoms with Crippen molar-refractivity contribution in [3.63, 3.8) is 0 Å². The number of anilines is 1. The molecule has 0 spiro atoms. The highest BCUT2D eigenvalue weighted by atomic mass is 127. The molecule has 1 N–H and O–H groups in total. The Morgan fingerprint density at radius 1 is 1.21 bits per heavy atom. The zero-order valence-electron chi connectivity index (χ0n) is 11.1. The summed E-state index contributed by atoms with van der Waals surface area (Å²) in [5, 5.41) is 2.94. The Bertz CT molecular complexity index is 615. The van der Waals surface area contributed by atoms with Gasteiger partial charge in [0, 0.05) is 14.8 Å². The maximum Gasteiger partial charge on any atom is 0.255 e. The second kappa shape index (κ2) is 5.69. The van der Waals surface area contributed by atoms with Crippen LogP contribution in [0.3, 0.4) is 0 Å². The Morgan fingerprint density at radius 3 is 2.58 bits per heavy atom. The van der Waals surface area contributed by atoms with Crippen LogP contribution in [0.1, 0.15) is 27.3 Å². The van der Waals surface area contributed by atoms with Crippen molar-refractivity contribution in [3.05, 3.63) is 56.4 Å². The van der Waals surface area contributed by atoms with Gasteiger partial charge >= 0.3 is 0 Å². The molecule has 0 aliphatic heterocycles. The highest BCUT2D eigenvalue weighted by molar-refractivity contribution is 14.1. The number of halogens is 1. The third-order valence-electron chi connectivity index (χ3n) is 2.85. The number of carbonyl (C=O) groups is 1. The van der Waals surface area contributed by atoms with Crippen molar-refractivity contribution in [2.45, 2.75) is 20.8 Å². The molecule has 1 heterocycles. The fourth-order valence-electron chi connectivity index (χ4n) is 2.03. The first-order chi connectivity index (χ1) is 8.97. The standard InChI is InChI=1S/C15H15IN2O/c1-9-7-10(2)17-11(3)14(9)18-15(19)12-5-4-6-13(16)8-12/h4-8H,1-3H3,(H,18,19). The first-order valence-electron chi connectivity index (χ1n) is 5.99. The van der Waals surface area contributed by atoms with Crippen LogP contribution in [-0.4, -0.2) is 10.9 Å². The quantitative estimate of drug-likeness (QED) is 0.821. The number of pyridine rings is 1. The van der Waals surface area contributed by atoms with Gasteiger partial charge in [-0.15, -0.1) is 0 Å². The highest BCUT2D eigenvalue weighted by Gasteiger charge is 2.11. The monoisotopic (exact) mass is 366 g/mol. The van der Waals surface area contributed by atoms with E-state index in [9.17, 15) is 4.79 Å². The molecule has 0 aliphatic carbocycles. The minimum Gasteiger partial charge on any atom is -0.320 e. The zero-order valence-corrected chi connectivity index (χ0v) is 13.3. The van der Waals surface area contributed by atoms with Crippen LogP contribution in [0.4, 0.5) is 5.69 Å². The summed E-state index contributed by atoms with van der Waals surface area (Å²) in [6.45, 7) is 5.83. The van der Waals surface area contributed by atoms with Crippen LogP contribution in [0.15, 0.2) is 30.3 Å². The molecule has 0 fully saturated rings. The lowest BCUT2D eigenvalue weighted by Crippen LogP contribution is -2.14. The van der Waals surface area contributed by atoms with Crippen LogP contribution >= 0.6 is 22.6 Å². The van der Waals surface area contributed by atoms with Gasteiger partial charge in [0.15, 0.2) is 0 Å². The minimum atomic E-state index is -0.102. The van der Waals surface area contributed by atoms with Gasteiger partial charge in [-0.25, -0.2) is 0 Å². The Kier molecular flexibility index (Phi) is 4.19. The van der Waals surface area contributed by atoms with E-state index in [-0.39, 0.29) is 5.91 Å². The van der Waals surface area contributed by atoms with Crippen LogP contribution in [0.2, 0.25) is 0 Å². The Morgan fingerprint density at radius 2 is 1.95 bits per heavy atom. The van der Waals surface area contributed by atoms with Gasteiger partial charge in [-0.3, -0.25) is 9.78 Å². The number of hydrogen-bond acceptors (Lipinski definition) is 2. The van der Waals surface area contributed by atoms with Crippen molar-refractivity contribution in [1.29, 1.82) is 0 Å². The van der Waals surface area contributed by atoms with E-state index in [2.05, 4.69) is 32.9 Å². The van der Waals surface area contributed by atoms with Crippen molar-refractivity contribution >= 4 is 34.2 Å². The van der Waals surface area contributed by atoms with E-state index in [1.54, 1.807) is 0 Å². The molecule has 98 valence electrons. The van der Waals surface area contributed by atoms with Gasteiger partial charge < -0.3 is 5.32 Å². The average molecular weight is 366 g/mol. The molecule has 3 nitrogen and oxygen atoms in total. The molecule has 0 saturated heterocycles. The Balaban J connectivity index is 2.29. The van der Waals surface area contributed by atoms with Gasteiger partial charge in [0.05, 0.1) is 11.4 Å². The van der Waals surface area contributed by atoms with Crippen LogP contribution in [0, 0.1) is 24.3 Å². The van der Waals surface area contributed by atoms with Crippen LogP contribution in [0.25, 0.3) is 0 Å². The van der Waals surface area contributed by atoms with Gasteiger partial charge in [0.2, 0.25) is 0 Å². The van der Waals surface area contributed by atoms with E-state index in [4.69, 9.17) is 0 Å². The van der Waals surface area contributed by atoms with Crippen LogP contribution in [0.5, 0.6) is 0 Å². The van der Waals surface area contributed by atoms with E-state index < -0.39 is 0 Å². The number of benzene rings is 1. The number of aryl methyl sites for hydroxylation is 3. The SMILES string of the molecule is Cc1cc(C)c(NC(=O)c2cccc(I)c2)c(C)n1. The van der Waals surface area contributed by atoms with E-state index in [0.717, 1.165) is 26.2 Å². The van der Waals surface area contributed by atoms with E-state index >= 15 is 0 Å². The molecule has 2 aromatic rings. The largest absolute Gasteiger partial charge is 0.320 e. The summed E-state index contributed by atoms with van der Waals surface area (Å²) in [7, 11) is 0. The number of amides is 1.